The molecule has 0 radical (unpaired) electrons. The highest BCUT2D eigenvalue weighted by Crippen LogP contribution is 2.33. The zero-order valence-electron chi connectivity index (χ0n) is 14.3. The predicted molar refractivity (Wildman–Crippen MR) is 87.5 cm³/mol. The number of hydrogen-bond acceptors (Lipinski definition) is 4. The molecule has 0 fully saturated rings. The monoisotopic (exact) mass is 303 g/mol. The Labute approximate surface area is 133 Å². The molecule has 1 atom stereocenters. The van der Waals surface area contributed by atoms with E-state index in [1.54, 1.807) is 13.2 Å². The van der Waals surface area contributed by atoms with Crippen LogP contribution < -0.4 is 4.74 Å². The molecule has 1 rings (SSSR count). The van der Waals surface area contributed by atoms with E-state index in [1.165, 1.54) is 0 Å². The van der Waals surface area contributed by atoms with Crippen LogP contribution in [0.4, 0.5) is 0 Å². The first kappa shape index (κ1) is 18.2. The van der Waals surface area contributed by atoms with Gasteiger partial charge in [-0.15, -0.1) is 0 Å². The third-order valence-corrected chi connectivity index (χ3v) is 3.37. The summed E-state index contributed by atoms with van der Waals surface area (Å²) in [4.78, 5) is 0. The fourth-order valence-corrected chi connectivity index (χ4v) is 1.93. The topological polar surface area (TPSA) is 51.5 Å². The number of benzene rings is 1. The number of hydrogen-bond donors (Lipinski definition) is 0. The Hall–Kier alpha value is -1.83. The molecule has 0 aromatic heterocycles. The van der Waals surface area contributed by atoms with Gasteiger partial charge in [0.1, 0.15) is 5.75 Å². The largest absolute Gasteiger partial charge is 0.467 e. The number of methoxy groups -OCH3 is 1. The molecule has 0 amide bonds. The van der Waals surface area contributed by atoms with Gasteiger partial charge < -0.3 is 14.2 Å². The molecule has 1 aromatic carbocycles. The van der Waals surface area contributed by atoms with Crippen molar-refractivity contribution >= 4 is 5.57 Å². The van der Waals surface area contributed by atoms with Gasteiger partial charge in [-0.3, -0.25) is 0 Å². The zero-order chi connectivity index (χ0) is 16.8. The van der Waals surface area contributed by atoms with Gasteiger partial charge in [-0.2, -0.15) is 5.26 Å². The number of nitrogens with zero attached hydrogens (tertiary/aromatic N) is 1. The van der Waals surface area contributed by atoms with Crippen LogP contribution in [0, 0.1) is 11.3 Å². The molecule has 1 unspecified atom stereocenters. The van der Waals surface area contributed by atoms with E-state index in [-0.39, 0.29) is 18.5 Å². The van der Waals surface area contributed by atoms with Gasteiger partial charge in [-0.05, 0) is 42.5 Å². The Balaban J connectivity index is 3.03. The second-order valence-corrected chi connectivity index (χ2v) is 6.15. The second kappa shape index (κ2) is 7.98. The average Bonchev–Trinajstić information content (AvgIpc) is 2.46. The van der Waals surface area contributed by atoms with E-state index in [0.717, 1.165) is 22.4 Å². The first-order valence-corrected chi connectivity index (χ1v) is 7.28. The van der Waals surface area contributed by atoms with Crippen molar-refractivity contribution in [2.24, 2.45) is 0 Å². The van der Waals surface area contributed by atoms with Crippen LogP contribution in [-0.2, 0) is 14.9 Å². The lowest BCUT2D eigenvalue weighted by Gasteiger charge is -2.24. The second-order valence-electron chi connectivity index (χ2n) is 6.15. The number of ether oxygens (including phenoxy) is 3. The maximum absolute atomic E-state index is 8.79. The molecule has 0 aliphatic carbocycles. The summed E-state index contributed by atoms with van der Waals surface area (Å²) in [5.74, 6) is 0.782. The lowest BCUT2D eigenvalue weighted by atomic mass is 9.84. The van der Waals surface area contributed by atoms with Crippen molar-refractivity contribution in [1.82, 2.24) is 0 Å². The summed E-state index contributed by atoms with van der Waals surface area (Å²) < 4.78 is 16.1. The Bertz CT molecular complexity index is 565. The van der Waals surface area contributed by atoms with Crippen molar-refractivity contribution in [3.63, 3.8) is 0 Å². The summed E-state index contributed by atoms with van der Waals surface area (Å²) >= 11 is 0. The fourth-order valence-electron chi connectivity index (χ4n) is 1.93. The van der Waals surface area contributed by atoms with Crippen molar-refractivity contribution in [2.45, 2.75) is 46.3 Å². The standard InChI is InChI=1S/C18H25NO3/c1-13(9-10-19)15-7-8-17(16(11-15)18(3,4)5)22-12-21-14(2)20-6/h7-9,11,14H,12H2,1-6H3/b13-9-. The lowest BCUT2D eigenvalue weighted by molar-refractivity contribution is -0.149. The summed E-state index contributed by atoms with van der Waals surface area (Å²) in [5, 5.41) is 8.79. The zero-order valence-corrected chi connectivity index (χ0v) is 14.3. The molecule has 0 bridgehead atoms. The summed E-state index contributed by atoms with van der Waals surface area (Å²) in [6, 6.07) is 8.01. The maximum atomic E-state index is 8.79. The van der Waals surface area contributed by atoms with Crippen molar-refractivity contribution in [3.05, 3.63) is 35.4 Å². The van der Waals surface area contributed by atoms with Gasteiger partial charge in [0, 0.05) is 18.7 Å². The quantitative estimate of drug-likeness (QED) is 0.582. The van der Waals surface area contributed by atoms with Gasteiger partial charge in [0.25, 0.3) is 0 Å². The van der Waals surface area contributed by atoms with Crippen molar-refractivity contribution in [3.8, 4) is 11.8 Å². The molecule has 0 saturated heterocycles. The van der Waals surface area contributed by atoms with Gasteiger partial charge in [0.15, 0.2) is 13.1 Å². The molecule has 0 N–H and O–H groups in total. The molecular formula is C18H25NO3. The van der Waals surface area contributed by atoms with Gasteiger partial charge in [-0.25, -0.2) is 0 Å². The Morgan fingerprint density at radius 2 is 2.05 bits per heavy atom. The third kappa shape index (κ3) is 5.18. The minimum absolute atomic E-state index is 0.0782. The van der Waals surface area contributed by atoms with Crippen LogP contribution >= 0.6 is 0 Å². The lowest BCUT2D eigenvalue weighted by Crippen LogP contribution is -2.18. The molecular weight excluding hydrogens is 278 g/mol. The Morgan fingerprint density at radius 1 is 1.36 bits per heavy atom. The van der Waals surface area contributed by atoms with Gasteiger partial charge in [0.2, 0.25) is 0 Å². The average molecular weight is 303 g/mol. The molecule has 1 aromatic rings. The first-order chi connectivity index (χ1) is 10.3. The smallest absolute Gasteiger partial charge is 0.191 e. The van der Waals surface area contributed by atoms with Gasteiger partial charge >= 0.3 is 0 Å². The van der Waals surface area contributed by atoms with E-state index in [1.807, 2.05) is 26.0 Å². The summed E-state index contributed by atoms with van der Waals surface area (Å²) in [7, 11) is 1.59. The van der Waals surface area contributed by atoms with Crippen LogP contribution in [0.15, 0.2) is 24.3 Å². The molecule has 120 valence electrons. The Kier molecular flexibility index (Phi) is 6.61. The molecule has 0 spiro atoms. The van der Waals surface area contributed by atoms with Crippen LogP contribution in [-0.4, -0.2) is 20.2 Å². The number of nitriles is 1. The predicted octanol–water partition coefficient (Wildman–Crippen LogP) is 4.26. The van der Waals surface area contributed by atoms with Crippen molar-refractivity contribution in [2.75, 3.05) is 13.9 Å². The van der Waals surface area contributed by atoms with E-state index in [4.69, 9.17) is 19.5 Å². The van der Waals surface area contributed by atoms with Crippen molar-refractivity contribution in [1.29, 1.82) is 5.26 Å². The maximum Gasteiger partial charge on any atom is 0.191 e. The molecule has 4 heteroatoms. The van der Waals surface area contributed by atoms with Gasteiger partial charge in [-0.1, -0.05) is 26.8 Å². The number of allylic oxidation sites excluding steroid dienone is 2. The highest BCUT2D eigenvalue weighted by molar-refractivity contribution is 5.67. The van der Waals surface area contributed by atoms with Gasteiger partial charge in [0.05, 0.1) is 6.07 Å². The van der Waals surface area contributed by atoms with Crippen LogP contribution in [0.1, 0.15) is 45.7 Å². The highest BCUT2D eigenvalue weighted by Gasteiger charge is 2.20. The van der Waals surface area contributed by atoms with Crippen LogP contribution in [0.2, 0.25) is 0 Å². The van der Waals surface area contributed by atoms with Crippen LogP contribution in [0.5, 0.6) is 5.75 Å². The molecule has 4 nitrogen and oxygen atoms in total. The third-order valence-electron chi connectivity index (χ3n) is 3.37. The number of rotatable bonds is 6. The molecule has 0 saturated carbocycles. The molecule has 22 heavy (non-hydrogen) atoms. The van der Waals surface area contributed by atoms with E-state index in [9.17, 15) is 0 Å². The summed E-state index contributed by atoms with van der Waals surface area (Å²) in [5.41, 5.74) is 2.95. The molecule has 0 heterocycles. The highest BCUT2D eigenvalue weighted by atomic mass is 16.7. The van der Waals surface area contributed by atoms with E-state index >= 15 is 0 Å². The minimum atomic E-state index is -0.307. The van der Waals surface area contributed by atoms with E-state index < -0.39 is 0 Å². The molecule has 0 aliphatic rings. The molecule has 0 aliphatic heterocycles. The normalized spacial score (nSPS) is 13.6. The summed E-state index contributed by atoms with van der Waals surface area (Å²) in [6.45, 7) is 10.2. The van der Waals surface area contributed by atoms with E-state index in [2.05, 4.69) is 32.9 Å². The summed E-state index contributed by atoms with van der Waals surface area (Å²) in [6.07, 6.45) is 1.24. The van der Waals surface area contributed by atoms with E-state index in [0.29, 0.717) is 0 Å². The van der Waals surface area contributed by atoms with Crippen molar-refractivity contribution < 1.29 is 14.2 Å². The fraction of sp³-hybridized carbons (Fsp3) is 0.500. The minimum Gasteiger partial charge on any atom is -0.467 e. The van der Waals surface area contributed by atoms with Crippen LogP contribution in [0.25, 0.3) is 5.57 Å². The SMILES string of the molecule is COC(C)OCOc1ccc(/C(C)=C\C#N)cc1C(C)(C)C. The Morgan fingerprint density at radius 3 is 2.59 bits per heavy atom. The first-order valence-electron chi connectivity index (χ1n) is 7.28. The van der Waals surface area contributed by atoms with Crippen LogP contribution in [0.3, 0.4) is 0 Å².